The Morgan fingerprint density at radius 1 is 1.30 bits per heavy atom. The summed E-state index contributed by atoms with van der Waals surface area (Å²) in [7, 11) is 0. The van der Waals surface area contributed by atoms with E-state index in [9.17, 15) is 14.4 Å². The van der Waals surface area contributed by atoms with Crippen molar-refractivity contribution in [1.29, 1.82) is 0 Å². The maximum Gasteiger partial charge on any atom is 0.414 e. The van der Waals surface area contributed by atoms with Crippen LogP contribution in [0, 0.1) is 0 Å². The smallest absolute Gasteiger partial charge is 0.414 e. The number of benzene rings is 1. The zero-order valence-corrected chi connectivity index (χ0v) is 13.3. The molecule has 1 fully saturated rings. The fraction of sp³-hybridized carbons (Fsp3) is 0.438. The van der Waals surface area contributed by atoms with Gasteiger partial charge in [-0.2, -0.15) is 0 Å². The normalized spacial score (nSPS) is 20.7. The molecule has 1 saturated heterocycles. The van der Waals surface area contributed by atoms with Crippen LogP contribution in [-0.4, -0.2) is 45.8 Å². The van der Waals surface area contributed by atoms with Crippen molar-refractivity contribution in [2.75, 3.05) is 6.54 Å². The Labute approximate surface area is 134 Å². The van der Waals surface area contributed by atoms with E-state index >= 15 is 0 Å². The second-order valence-corrected chi connectivity index (χ2v) is 6.55. The number of carbonyl (C=O) groups excluding carboxylic acids is 2. The van der Waals surface area contributed by atoms with Crippen LogP contribution in [0.3, 0.4) is 0 Å². The Balaban J connectivity index is 2.18. The highest BCUT2D eigenvalue weighted by atomic mass is 16.6. The molecule has 23 heavy (non-hydrogen) atoms. The van der Waals surface area contributed by atoms with Crippen LogP contribution in [0.1, 0.15) is 26.3 Å². The topological polar surface area (TPSA) is 95.9 Å². The molecule has 0 radical (unpaired) electrons. The van der Waals surface area contributed by atoms with Gasteiger partial charge in [-0.15, -0.1) is 0 Å². The van der Waals surface area contributed by atoms with Crippen molar-refractivity contribution >= 4 is 18.1 Å². The molecule has 2 rings (SSSR count). The van der Waals surface area contributed by atoms with E-state index < -0.39 is 29.2 Å². The van der Waals surface area contributed by atoms with Gasteiger partial charge in [-0.1, -0.05) is 30.3 Å². The number of carbonyl (C=O) groups is 3. The minimum Gasteiger partial charge on any atom is -0.465 e. The number of likely N-dealkylation sites (tertiary alicyclic amines) is 1. The standard InChI is InChI=1S/C16H20N2O5/c1-15(2,3)23-13(20)17-16(9-11-7-5-4-6-8-11)10-18(12(16)19)14(21)22/h4-8H,9-10H2,1-3H3,(H,17,20)(H,21,22)/t16-/m0/s1. The zero-order valence-electron chi connectivity index (χ0n) is 13.3. The first-order chi connectivity index (χ1) is 10.6. The van der Waals surface area contributed by atoms with Crippen molar-refractivity contribution in [2.45, 2.75) is 38.3 Å². The van der Waals surface area contributed by atoms with Crippen LogP contribution in [0.4, 0.5) is 9.59 Å². The molecule has 1 aliphatic heterocycles. The van der Waals surface area contributed by atoms with Crippen LogP contribution in [0.5, 0.6) is 0 Å². The lowest BCUT2D eigenvalue weighted by Crippen LogP contribution is -2.76. The number of alkyl carbamates (subject to hydrolysis) is 1. The second kappa shape index (κ2) is 5.91. The van der Waals surface area contributed by atoms with E-state index in [-0.39, 0.29) is 13.0 Å². The molecular weight excluding hydrogens is 300 g/mol. The SMILES string of the molecule is CC(C)(C)OC(=O)N[C@@]1(Cc2ccccc2)CN(C(=O)O)C1=O. The number of amides is 3. The first-order valence-corrected chi connectivity index (χ1v) is 7.23. The summed E-state index contributed by atoms with van der Waals surface area (Å²) in [5, 5.41) is 11.5. The summed E-state index contributed by atoms with van der Waals surface area (Å²) in [6.07, 6.45) is -1.87. The number of ether oxygens (including phenoxy) is 1. The van der Waals surface area contributed by atoms with Gasteiger partial charge in [0.05, 0.1) is 6.54 Å². The molecule has 7 nitrogen and oxygen atoms in total. The summed E-state index contributed by atoms with van der Waals surface area (Å²) in [6, 6.07) is 9.09. The molecule has 1 aromatic carbocycles. The van der Waals surface area contributed by atoms with E-state index in [1.165, 1.54) is 0 Å². The third-order valence-electron chi connectivity index (χ3n) is 3.40. The maximum atomic E-state index is 12.3. The quantitative estimate of drug-likeness (QED) is 0.831. The first kappa shape index (κ1) is 16.8. The summed E-state index contributed by atoms with van der Waals surface area (Å²) >= 11 is 0. The van der Waals surface area contributed by atoms with Gasteiger partial charge in [-0.25, -0.2) is 14.5 Å². The predicted molar refractivity (Wildman–Crippen MR) is 82.0 cm³/mol. The Morgan fingerprint density at radius 2 is 1.91 bits per heavy atom. The number of hydrogen-bond acceptors (Lipinski definition) is 4. The zero-order chi connectivity index (χ0) is 17.3. The van der Waals surface area contributed by atoms with E-state index in [1.54, 1.807) is 20.8 Å². The third kappa shape index (κ3) is 3.80. The number of β-lactam (4-membered cyclic amide) rings is 1. The third-order valence-corrected chi connectivity index (χ3v) is 3.40. The molecule has 0 bridgehead atoms. The average Bonchev–Trinajstić information content (AvgIpc) is 2.42. The molecular formula is C16H20N2O5. The molecule has 0 spiro atoms. The summed E-state index contributed by atoms with van der Waals surface area (Å²) in [6.45, 7) is 5.03. The monoisotopic (exact) mass is 320 g/mol. The highest BCUT2D eigenvalue weighted by Gasteiger charge is 2.56. The van der Waals surface area contributed by atoms with Crippen molar-refractivity contribution in [3.05, 3.63) is 35.9 Å². The van der Waals surface area contributed by atoms with Crippen molar-refractivity contribution in [2.24, 2.45) is 0 Å². The van der Waals surface area contributed by atoms with E-state index in [2.05, 4.69) is 5.32 Å². The van der Waals surface area contributed by atoms with Gasteiger partial charge in [-0.3, -0.25) is 4.79 Å². The van der Waals surface area contributed by atoms with Gasteiger partial charge in [-0.05, 0) is 26.3 Å². The van der Waals surface area contributed by atoms with Gasteiger partial charge < -0.3 is 15.2 Å². The molecule has 124 valence electrons. The summed E-state index contributed by atoms with van der Waals surface area (Å²) in [5.41, 5.74) is -1.18. The number of nitrogens with one attached hydrogen (secondary N) is 1. The second-order valence-electron chi connectivity index (χ2n) is 6.55. The number of carboxylic acid groups (broad SMARTS) is 1. The number of imide groups is 1. The van der Waals surface area contributed by atoms with Crippen molar-refractivity contribution in [3.63, 3.8) is 0 Å². The van der Waals surface area contributed by atoms with Crippen LogP contribution >= 0.6 is 0 Å². The molecule has 0 aromatic heterocycles. The van der Waals surface area contributed by atoms with E-state index in [0.717, 1.165) is 5.56 Å². The molecule has 0 unspecified atom stereocenters. The lowest BCUT2D eigenvalue weighted by molar-refractivity contribution is -0.149. The average molecular weight is 320 g/mol. The van der Waals surface area contributed by atoms with Crippen LogP contribution in [0.2, 0.25) is 0 Å². The molecule has 1 atom stereocenters. The van der Waals surface area contributed by atoms with Gasteiger partial charge in [0.25, 0.3) is 5.91 Å². The lowest BCUT2D eigenvalue weighted by atomic mass is 9.82. The van der Waals surface area contributed by atoms with Crippen molar-refractivity contribution in [1.82, 2.24) is 10.2 Å². The molecule has 1 aliphatic rings. The largest absolute Gasteiger partial charge is 0.465 e. The van der Waals surface area contributed by atoms with Crippen LogP contribution in [-0.2, 0) is 16.0 Å². The van der Waals surface area contributed by atoms with Gasteiger partial charge in [0, 0.05) is 6.42 Å². The minimum atomic E-state index is -1.33. The predicted octanol–water partition coefficient (Wildman–Crippen LogP) is 2.01. The molecule has 0 saturated carbocycles. The summed E-state index contributed by atoms with van der Waals surface area (Å²) in [5.74, 6) is -0.653. The molecule has 1 aromatic rings. The number of nitrogens with zero attached hydrogens (tertiary/aromatic N) is 1. The van der Waals surface area contributed by atoms with E-state index in [0.29, 0.717) is 4.90 Å². The molecule has 7 heteroatoms. The van der Waals surface area contributed by atoms with Crippen LogP contribution in [0.25, 0.3) is 0 Å². The minimum absolute atomic E-state index is 0.102. The van der Waals surface area contributed by atoms with Crippen molar-refractivity contribution < 1.29 is 24.2 Å². The van der Waals surface area contributed by atoms with E-state index in [1.807, 2.05) is 30.3 Å². The molecule has 1 heterocycles. The molecule has 2 N–H and O–H groups in total. The lowest BCUT2D eigenvalue weighted by Gasteiger charge is -2.46. The molecule has 3 amide bonds. The van der Waals surface area contributed by atoms with Gasteiger partial charge in [0.2, 0.25) is 0 Å². The van der Waals surface area contributed by atoms with Gasteiger partial charge in [0.1, 0.15) is 11.1 Å². The fourth-order valence-corrected chi connectivity index (χ4v) is 2.44. The Hall–Kier alpha value is -2.57. The Bertz CT molecular complexity index is 623. The fourth-order valence-electron chi connectivity index (χ4n) is 2.44. The van der Waals surface area contributed by atoms with Crippen molar-refractivity contribution in [3.8, 4) is 0 Å². The van der Waals surface area contributed by atoms with Crippen LogP contribution < -0.4 is 5.32 Å². The molecule has 0 aliphatic carbocycles. The van der Waals surface area contributed by atoms with Gasteiger partial charge in [0.15, 0.2) is 0 Å². The van der Waals surface area contributed by atoms with Crippen LogP contribution in [0.15, 0.2) is 30.3 Å². The number of hydrogen-bond donors (Lipinski definition) is 2. The number of rotatable bonds is 3. The van der Waals surface area contributed by atoms with E-state index in [4.69, 9.17) is 9.84 Å². The highest BCUT2D eigenvalue weighted by molar-refractivity contribution is 6.04. The highest BCUT2D eigenvalue weighted by Crippen LogP contribution is 2.28. The first-order valence-electron chi connectivity index (χ1n) is 7.23. The Morgan fingerprint density at radius 3 is 2.39 bits per heavy atom. The Kier molecular flexibility index (Phi) is 4.31. The summed E-state index contributed by atoms with van der Waals surface area (Å²) in [4.78, 5) is 36.0. The summed E-state index contributed by atoms with van der Waals surface area (Å²) < 4.78 is 5.18. The maximum absolute atomic E-state index is 12.3. The van der Waals surface area contributed by atoms with Gasteiger partial charge >= 0.3 is 12.2 Å².